The molecule has 6 nitrogen and oxygen atoms in total. The Morgan fingerprint density at radius 2 is 1.60 bits per heavy atom. The van der Waals surface area contributed by atoms with E-state index in [0.29, 0.717) is 6.54 Å². The maximum Gasteiger partial charge on any atom is 0.317 e. The predicted octanol–water partition coefficient (Wildman–Crippen LogP) is 2.98. The van der Waals surface area contributed by atoms with Crippen molar-refractivity contribution in [2.45, 2.75) is 13.0 Å². The molecule has 0 heterocycles. The van der Waals surface area contributed by atoms with Gasteiger partial charge in [0.05, 0.1) is 13.5 Å². The van der Waals surface area contributed by atoms with Crippen molar-refractivity contribution in [1.82, 2.24) is 10.2 Å². The van der Waals surface area contributed by atoms with Gasteiger partial charge in [0.1, 0.15) is 5.75 Å². The van der Waals surface area contributed by atoms with Crippen LogP contribution in [0.15, 0.2) is 48.5 Å². The van der Waals surface area contributed by atoms with Crippen LogP contribution in [0.1, 0.15) is 12.0 Å². The Morgan fingerprint density at radius 1 is 1.04 bits per heavy atom. The van der Waals surface area contributed by atoms with E-state index in [1.807, 2.05) is 48.5 Å². The summed E-state index contributed by atoms with van der Waals surface area (Å²) in [6.07, 6.45) is -0.0690. The standard InChI is InChI=1S/C19H22N2O4/c1-21(12-11-18(22)23)19(24)20-13-14-3-5-15(6-4-14)16-7-9-17(25-2)10-8-16/h3-10H,11-13H2,1-2H3,(H,20,24)(H,22,23). The van der Waals surface area contributed by atoms with Gasteiger partial charge in [-0.2, -0.15) is 0 Å². The highest BCUT2D eigenvalue weighted by Crippen LogP contribution is 2.22. The second-order valence-corrected chi connectivity index (χ2v) is 5.65. The lowest BCUT2D eigenvalue weighted by atomic mass is 10.0. The largest absolute Gasteiger partial charge is 0.497 e. The van der Waals surface area contributed by atoms with Crippen molar-refractivity contribution < 1.29 is 19.4 Å². The van der Waals surface area contributed by atoms with Crippen LogP contribution in [0.25, 0.3) is 11.1 Å². The molecule has 0 saturated carbocycles. The molecule has 2 N–H and O–H groups in total. The van der Waals surface area contributed by atoms with Crippen LogP contribution in [-0.2, 0) is 11.3 Å². The van der Waals surface area contributed by atoms with E-state index < -0.39 is 5.97 Å². The Hall–Kier alpha value is -3.02. The van der Waals surface area contributed by atoms with E-state index in [1.165, 1.54) is 4.90 Å². The summed E-state index contributed by atoms with van der Waals surface area (Å²) in [5.41, 5.74) is 3.14. The molecule has 6 heteroatoms. The fourth-order valence-electron chi connectivity index (χ4n) is 2.28. The minimum absolute atomic E-state index is 0.0690. The summed E-state index contributed by atoms with van der Waals surface area (Å²) < 4.78 is 5.15. The molecule has 0 radical (unpaired) electrons. The fourth-order valence-corrected chi connectivity index (χ4v) is 2.28. The topological polar surface area (TPSA) is 78.9 Å². The van der Waals surface area contributed by atoms with Crippen LogP contribution in [0.2, 0.25) is 0 Å². The number of benzene rings is 2. The predicted molar refractivity (Wildman–Crippen MR) is 95.5 cm³/mol. The number of carbonyl (C=O) groups is 2. The summed E-state index contributed by atoms with van der Waals surface area (Å²) in [4.78, 5) is 23.8. The first kappa shape index (κ1) is 18.3. The lowest BCUT2D eigenvalue weighted by Gasteiger charge is -2.17. The number of hydrogen-bond donors (Lipinski definition) is 2. The summed E-state index contributed by atoms with van der Waals surface area (Å²) in [6.45, 7) is 0.566. The summed E-state index contributed by atoms with van der Waals surface area (Å²) in [5.74, 6) is -0.108. The number of carbonyl (C=O) groups excluding carboxylic acids is 1. The van der Waals surface area contributed by atoms with Gasteiger partial charge >= 0.3 is 12.0 Å². The van der Waals surface area contributed by atoms with Gasteiger partial charge in [-0.3, -0.25) is 4.79 Å². The summed E-state index contributed by atoms with van der Waals surface area (Å²) in [7, 11) is 3.21. The minimum Gasteiger partial charge on any atom is -0.497 e. The third-order valence-corrected chi connectivity index (χ3v) is 3.83. The molecular weight excluding hydrogens is 320 g/mol. The van der Waals surface area contributed by atoms with Gasteiger partial charge in [0.15, 0.2) is 0 Å². The molecule has 2 amide bonds. The smallest absolute Gasteiger partial charge is 0.317 e. The molecule has 0 unspecified atom stereocenters. The van der Waals surface area contributed by atoms with E-state index in [4.69, 9.17) is 9.84 Å². The van der Waals surface area contributed by atoms with E-state index >= 15 is 0 Å². The third-order valence-electron chi connectivity index (χ3n) is 3.83. The van der Waals surface area contributed by atoms with Gasteiger partial charge in [0.2, 0.25) is 0 Å². The monoisotopic (exact) mass is 342 g/mol. The second-order valence-electron chi connectivity index (χ2n) is 5.65. The lowest BCUT2D eigenvalue weighted by molar-refractivity contribution is -0.137. The molecular formula is C19H22N2O4. The molecule has 2 aromatic rings. The molecule has 0 aliphatic rings. The molecule has 2 aromatic carbocycles. The number of nitrogens with zero attached hydrogens (tertiary/aromatic N) is 1. The molecule has 0 saturated heterocycles. The van der Waals surface area contributed by atoms with E-state index in [2.05, 4.69) is 5.32 Å². The number of amides is 2. The van der Waals surface area contributed by atoms with E-state index in [-0.39, 0.29) is 19.0 Å². The molecule has 132 valence electrons. The van der Waals surface area contributed by atoms with Crippen LogP contribution in [0.4, 0.5) is 4.79 Å². The Labute approximate surface area is 147 Å². The van der Waals surface area contributed by atoms with Crippen molar-refractivity contribution in [3.05, 3.63) is 54.1 Å². The number of urea groups is 1. The van der Waals surface area contributed by atoms with E-state index in [0.717, 1.165) is 22.4 Å². The Bertz CT molecular complexity index is 711. The highest BCUT2D eigenvalue weighted by molar-refractivity contribution is 5.75. The third kappa shape index (κ3) is 5.53. The van der Waals surface area contributed by atoms with Gasteiger partial charge in [-0.1, -0.05) is 36.4 Å². The molecule has 0 atom stereocenters. The fraction of sp³-hybridized carbons (Fsp3) is 0.263. The van der Waals surface area contributed by atoms with Crippen LogP contribution in [0.5, 0.6) is 5.75 Å². The van der Waals surface area contributed by atoms with Gasteiger partial charge in [-0.05, 0) is 28.8 Å². The van der Waals surface area contributed by atoms with Gasteiger partial charge in [0.25, 0.3) is 0 Å². The zero-order chi connectivity index (χ0) is 18.2. The maximum atomic E-state index is 11.9. The molecule has 2 rings (SSSR count). The number of carboxylic acid groups (broad SMARTS) is 1. The number of methoxy groups -OCH3 is 1. The number of hydrogen-bond acceptors (Lipinski definition) is 3. The average molecular weight is 342 g/mol. The zero-order valence-electron chi connectivity index (χ0n) is 14.4. The van der Waals surface area contributed by atoms with Crippen LogP contribution < -0.4 is 10.1 Å². The molecule has 0 bridgehead atoms. The van der Waals surface area contributed by atoms with Gasteiger partial charge in [-0.25, -0.2) is 4.79 Å². The highest BCUT2D eigenvalue weighted by Gasteiger charge is 2.09. The Kier molecular flexibility index (Phi) is 6.39. The normalized spacial score (nSPS) is 10.2. The first-order valence-electron chi connectivity index (χ1n) is 7.93. The van der Waals surface area contributed by atoms with Crippen molar-refractivity contribution in [2.24, 2.45) is 0 Å². The molecule has 0 fully saturated rings. The quantitative estimate of drug-likeness (QED) is 0.811. The van der Waals surface area contributed by atoms with Crippen molar-refractivity contribution >= 4 is 12.0 Å². The molecule has 25 heavy (non-hydrogen) atoms. The van der Waals surface area contributed by atoms with Crippen molar-refractivity contribution in [1.29, 1.82) is 0 Å². The summed E-state index contributed by atoms with van der Waals surface area (Å²) in [5, 5.41) is 11.4. The number of carboxylic acids is 1. The molecule has 0 aromatic heterocycles. The van der Waals surface area contributed by atoms with Gasteiger partial charge < -0.3 is 20.1 Å². The minimum atomic E-state index is -0.922. The molecule has 0 spiro atoms. The van der Waals surface area contributed by atoms with Crippen molar-refractivity contribution in [3.63, 3.8) is 0 Å². The van der Waals surface area contributed by atoms with Crippen LogP contribution in [0, 0.1) is 0 Å². The van der Waals surface area contributed by atoms with Crippen molar-refractivity contribution in [2.75, 3.05) is 20.7 Å². The van der Waals surface area contributed by atoms with Crippen molar-refractivity contribution in [3.8, 4) is 16.9 Å². The van der Waals surface area contributed by atoms with Gasteiger partial charge in [0, 0.05) is 20.1 Å². The first-order chi connectivity index (χ1) is 12.0. The van der Waals surface area contributed by atoms with Crippen LogP contribution >= 0.6 is 0 Å². The second kappa shape index (κ2) is 8.73. The van der Waals surface area contributed by atoms with E-state index in [1.54, 1.807) is 14.2 Å². The Balaban J connectivity index is 1.89. The number of rotatable bonds is 7. The molecule has 0 aliphatic heterocycles. The highest BCUT2D eigenvalue weighted by atomic mass is 16.5. The summed E-state index contributed by atoms with van der Waals surface area (Å²) >= 11 is 0. The molecule has 0 aliphatic carbocycles. The number of aliphatic carboxylic acids is 1. The summed E-state index contributed by atoms with van der Waals surface area (Å²) in [6, 6.07) is 15.4. The van der Waals surface area contributed by atoms with Crippen LogP contribution in [0.3, 0.4) is 0 Å². The zero-order valence-corrected chi connectivity index (χ0v) is 14.4. The first-order valence-corrected chi connectivity index (χ1v) is 7.93. The van der Waals surface area contributed by atoms with Gasteiger partial charge in [-0.15, -0.1) is 0 Å². The number of ether oxygens (including phenoxy) is 1. The lowest BCUT2D eigenvalue weighted by Crippen LogP contribution is -2.37. The maximum absolute atomic E-state index is 11.9. The Morgan fingerprint density at radius 3 is 2.12 bits per heavy atom. The number of nitrogens with one attached hydrogen (secondary N) is 1. The van der Waals surface area contributed by atoms with E-state index in [9.17, 15) is 9.59 Å². The SMILES string of the molecule is COc1ccc(-c2ccc(CNC(=O)N(C)CCC(=O)O)cc2)cc1. The average Bonchev–Trinajstić information content (AvgIpc) is 2.64. The van der Waals surface area contributed by atoms with Crippen LogP contribution in [-0.4, -0.2) is 42.7 Å².